The highest BCUT2D eigenvalue weighted by Gasteiger charge is 2.17. The maximum Gasteiger partial charge on any atom is 0.236 e. The van der Waals surface area contributed by atoms with Gasteiger partial charge in [-0.05, 0) is 48.7 Å². The highest BCUT2D eigenvalue weighted by atomic mass is 32.2. The lowest BCUT2D eigenvalue weighted by Crippen LogP contribution is -2.43. The third-order valence-corrected chi connectivity index (χ3v) is 4.88. The first kappa shape index (κ1) is 15.4. The summed E-state index contributed by atoms with van der Waals surface area (Å²) in [5.41, 5.74) is 7.20. The molecule has 1 aliphatic rings. The van der Waals surface area contributed by atoms with E-state index in [1.807, 2.05) is 30.0 Å². The molecule has 1 aromatic rings. The van der Waals surface area contributed by atoms with Crippen LogP contribution in [0.3, 0.4) is 0 Å². The summed E-state index contributed by atoms with van der Waals surface area (Å²) < 4.78 is 0. The summed E-state index contributed by atoms with van der Waals surface area (Å²) in [5, 5.41) is 3.02. The summed E-state index contributed by atoms with van der Waals surface area (Å²) in [6.45, 7) is 0.790. The molecule has 1 amide bonds. The maximum absolute atomic E-state index is 12.0. The molecule has 1 saturated heterocycles. The van der Waals surface area contributed by atoms with E-state index in [2.05, 4.69) is 17.4 Å². The van der Waals surface area contributed by atoms with Crippen molar-refractivity contribution in [2.45, 2.75) is 31.7 Å². The molecular weight excluding hydrogens is 268 g/mol. The number of hydrogen-bond acceptors (Lipinski definition) is 3. The van der Waals surface area contributed by atoms with Crippen LogP contribution in [0.15, 0.2) is 30.3 Å². The molecule has 0 radical (unpaired) electrons. The van der Waals surface area contributed by atoms with E-state index in [0.717, 1.165) is 13.0 Å². The Kier molecular flexibility index (Phi) is 6.40. The largest absolute Gasteiger partial charge is 0.354 e. The molecule has 0 unspecified atom stereocenters. The van der Waals surface area contributed by atoms with Crippen molar-refractivity contribution in [2.24, 2.45) is 11.7 Å². The zero-order valence-electron chi connectivity index (χ0n) is 11.9. The summed E-state index contributed by atoms with van der Waals surface area (Å²) in [6.07, 6.45) is 3.99. The zero-order chi connectivity index (χ0) is 14.2. The van der Waals surface area contributed by atoms with Crippen LogP contribution in [0.25, 0.3) is 0 Å². The normalized spacial score (nSPS) is 17.6. The van der Waals surface area contributed by atoms with Gasteiger partial charge in [0.05, 0.1) is 6.04 Å². The van der Waals surface area contributed by atoms with Gasteiger partial charge in [-0.25, -0.2) is 0 Å². The minimum Gasteiger partial charge on any atom is -0.354 e. The second kappa shape index (κ2) is 8.32. The average Bonchev–Trinajstić information content (AvgIpc) is 2.52. The van der Waals surface area contributed by atoms with Gasteiger partial charge in [0, 0.05) is 6.54 Å². The van der Waals surface area contributed by atoms with E-state index < -0.39 is 6.04 Å². The molecule has 3 N–H and O–H groups in total. The third kappa shape index (κ3) is 5.17. The van der Waals surface area contributed by atoms with Crippen molar-refractivity contribution in [2.75, 3.05) is 18.1 Å². The molecule has 0 aliphatic carbocycles. The first-order valence-corrected chi connectivity index (χ1v) is 8.56. The van der Waals surface area contributed by atoms with Crippen molar-refractivity contribution in [3.05, 3.63) is 35.9 Å². The lowest BCUT2D eigenvalue weighted by atomic mass is 10.0. The van der Waals surface area contributed by atoms with E-state index in [0.29, 0.717) is 12.3 Å². The Morgan fingerprint density at radius 1 is 1.30 bits per heavy atom. The Balaban J connectivity index is 1.66. The Bertz CT molecular complexity index is 404. The Morgan fingerprint density at radius 2 is 2.00 bits per heavy atom. The molecule has 1 aromatic carbocycles. The van der Waals surface area contributed by atoms with Gasteiger partial charge in [0.1, 0.15) is 0 Å². The molecule has 1 heterocycles. The molecule has 3 nitrogen and oxygen atoms in total. The zero-order valence-corrected chi connectivity index (χ0v) is 12.7. The van der Waals surface area contributed by atoms with E-state index >= 15 is 0 Å². The van der Waals surface area contributed by atoms with Crippen LogP contribution >= 0.6 is 11.8 Å². The number of aryl methyl sites for hydroxylation is 1. The van der Waals surface area contributed by atoms with Crippen molar-refractivity contribution in [3.63, 3.8) is 0 Å². The minimum atomic E-state index is -0.395. The number of amides is 1. The molecule has 0 spiro atoms. The average molecular weight is 292 g/mol. The molecule has 0 aromatic heterocycles. The highest BCUT2D eigenvalue weighted by molar-refractivity contribution is 7.99. The van der Waals surface area contributed by atoms with E-state index in [-0.39, 0.29) is 5.91 Å². The van der Waals surface area contributed by atoms with Gasteiger partial charge >= 0.3 is 0 Å². The SMILES string of the molecule is N[C@@H](CCc1ccccc1)C(=O)NCC1CCSCC1. The van der Waals surface area contributed by atoms with Crippen molar-refractivity contribution < 1.29 is 4.79 Å². The van der Waals surface area contributed by atoms with Crippen LogP contribution in [0, 0.1) is 5.92 Å². The molecule has 4 heteroatoms. The van der Waals surface area contributed by atoms with Gasteiger partial charge in [-0.1, -0.05) is 30.3 Å². The molecule has 1 aliphatic heterocycles. The predicted octanol–water partition coefficient (Wildman–Crippen LogP) is 2.21. The Morgan fingerprint density at radius 3 is 2.70 bits per heavy atom. The quantitative estimate of drug-likeness (QED) is 0.845. The molecule has 0 saturated carbocycles. The smallest absolute Gasteiger partial charge is 0.236 e. The van der Waals surface area contributed by atoms with Crippen LogP contribution in [-0.2, 0) is 11.2 Å². The summed E-state index contributed by atoms with van der Waals surface area (Å²) in [7, 11) is 0. The first-order chi connectivity index (χ1) is 9.75. The molecule has 1 atom stereocenters. The Hall–Kier alpha value is -1.00. The van der Waals surface area contributed by atoms with E-state index in [9.17, 15) is 4.79 Å². The van der Waals surface area contributed by atoms with Gasteiger partial charge in [-0.15, -0.1) is 0 Å². The molecular formula is C16H24N2OS. The second-order valence-electron chi connectivity index (χ2n) is 5.43. The Labute approximate surface area is 125 Å². The minimum absolute atomic E-state index is 0.000780. The van der Waals surface area contributed by atoms with Gasteiger partial charge in [0.2, 0.25) is 5.91 Å². The fraction of sp³-hybridized carbons (Fsp3) is 0.562. The number of hydrogen-bond donors (Lipinski definition) is 2. The van der Waals surface area contributed by atoms with Crippen LogP contribution in [0.2, 0.25) is 0 Å². The number of benzene rings is 1. The third-order valence-electron chi connectivity index (χ3n) is 3.83. The first-order valence-electron chi connectivity index (χ1n) is 7.40. The molecule has 110 valence electrons. The monoisotopic (exact) mass is 292 g/mol. The van der Waals surface area contributed by atoms with E-state index in [1.165, 1.54) is 29.9 Å². The number of rotatable bonds is 6. The van der Waals surface area contributed by atoms with Gasteiger partial charge < -0.3 is 11.1 Å². The number of carbonyl (C=O) groups is 1. The van der Waals surface area contributed by atoms with Crippen LogP contribution in [0.5, 0.6) is 0 Å². The summed E-state index contributed by atoms with van der Waals surface area (Å²) >= 11 is 2.01. The van der Waals surface area contributed by atoms with Gasteiger partial charge in [0.15, 0.2) is 0 Å². The second-order valence-corrected chi connectivity index (χ2v) is 6.66. The van der Waals surface area contributed by atoms with Gasteiger partial charge in [-0.2, -0.15) is 11.8 Å². The number of thioether (sulfide) groups is 1. The molecule has 1 fully saturated rings. The molecule has 0 bridgehead atoms. The van der Waals surface area contributed by atoms with Crippen molar-refractivity contribution in [3.8, 4) is 0 Å². The van der Waals surface area contributed by atoms with Crippen molar-refractivity contribution in [1.82, 2.24) is 5.32 Å². The van der Waals surface area contributed by atoms with Crippen LogP contribution < -0.4 is 11.1 Å². The van der Waals surface area contributed by atoms with E-state index in [4.69, 9.17) is 5.73 Å². The number of carbonyl (C=O) groups excluding carboxylic acids is 1. The highest BCUT2D eigenvalue weighted by Crippen LogP contribution is 2.21. The van der Waals surface area contributed by atoms with Crippen LogP contribution in [-0.4, -0.2) is 30.0 Å². The lowest BCUT2D eigenvalue weighted by molar-refractivity contribution is -0.122. The van der Waals surface area contributed by atoms with Gasteiger partial charge in [0.25, 0.3) is 0 Å². The van der Waals surface area contributed by atoms with Gasteiger partial charge in [-0.3, -0.25) is 4.79 Å². The van der Waals surface area contributed by atoms with Crippen molar-refractivity contribution >= 4 is 17.7 Å². The lowest BCUT2D eigenvalue weighted by Gasteiger charge is -2.22. The molecule has 2 rings (SSSR count). The fourth-order valence-corrected chi connectivity index (χ4v) is 3.63. The molecule has 20 heavy (non-hydrogen) atoms. The summed E-state index contributed by atoms with van der Waals surface area (Å²) in [4.78, 5) is 12.0. The van der Waals surface area contributed by atoms with Crippen LogP contribution in [0.1, 0.15) is 24.8 Å². The number of nitrogens with one attached hydrogen (secondary N) is 1. The van der Waals surface area contributed by atoms with Crippen LogP contribution in [0.4, 0.5) is 0 Å². The van der Waals surface area contributed by atoms with Crippen molar-refractivity contribution in [1.29, 1.82) is 0 Å². The predicted molar refractivity (Wildman–Crippen MR) is 85.8 cm³/mol. The maximum atomic E-state index is 12.0. The summed E-state index contributed by atoms with van der Waals surface area (Å²) in [5.74, 6) is 3.09. The fourth-order valence-electron chi connectivity index (χ4n) is 2.42. The standard InChI is InChI=1S/C16H24N2OS/c17-15(7-6-13-4-2-1-3-5-13)16(19)18-12-14-8-10-20-11-9-14/h1-5,14-15H,6-12,17H2,(H,18,19)/t15-/m0/s1. The topological polar surface area (TPSA) is 55.1 Å². The summed E-state index contributed by atoms with van der Waals surface area (Å²) in [6, 6.07) is 9.78. The van der Waals surface area contributed by atoms with E-state index in [1.54, 1.807) is 0 Å². The number of nitrogens with two attached hydrogens (primary N) is 1.